The van der Waals surface area contributed by atoms with Crippen LogP contribution in [-0.2, 0) is 0 Å². The molecule has 0 saturated carbocycles. The first-order valence-electron chi connectivity index (χ1n) is 10.8. The number of hydrogen-bond acceptors (Lipinski definition) is 4. The van der Waals surface area contributed by atoms with E-state index in [2.05, 4.69) is 33.5 Å². The minimum atomic E-state index is -0.323. The van der Waals surface area contributed by atoms with E-state index in [9.17, 15) is 9.59 Å². The van der Waals surface area contributed by atoms with Crippen LogP contribution in [0.5, 0.6) is 5.75 Å². The van der Waals surface area contributed by atoms with Crippen LogP contribution >= 0.6 is 28.1 Å². The number of carbonyl (C=O) groups is 2. The van der Waals surface area contributed by atoms with E-state index in [1.807, 2.05) is 11.8 Å². The van der Waals surface area contributed by atoms with Gasteiger partial charge in [-0.2, -0.15) is 0 Å². The van der Waals surface area contributed by atoms with Crippen LogP contribution in [0.25, 0.3) is 0 Å². The first kappa shape index (κ1) is 24.2. The van der Waals surface area contributed by atoms with Crippen LogP contribution in [0.15, 0.2) is 46.9 Å². The van der Waals surface area contributed by atoms with E-state index < -0.39 is 0 Å². The lowest BCUT2D eigenvalue weighted by Gasteiger charge is -2.30. The highest BCUT2D eigenvalue weighted by atomic mass is 79.9. The predicted octanol–water partition coefficient (Wildman–Crippen LogP) is 5.24. The van der Waals surface area contributed by atoms with Crippen molar-refractivity contribution >= 4 is 50.8 Å². The number of thiocarbonyl (C=S) groups is 1. The van der Waals surface area contributed by atoms with Gasteiger partial charge in [0, 0.05) is 29.9 Å². The fourth-order valence-electron chi connectivity index (χ4n) is 3.40. The Balaban J connectivity index is 1.54. The maximum Gasteiger partial charge on any atom is 0.257 e. The Labute approximate surface area is 202 Å². The predicted molar refractivity (Wildman–Crippen MR) is 134 cm³/mol. The largest absolute Gasteiger partial charge is 0.492 e. The number of benzene rings is 2. The molecule has 0 spiro atoms. The van der Waals surface area contributed by atoms with E-state index in [-0.39, 0.29) is 16.9 Å². The quantitative estimate of drug-likeness (QED) is 0.512. The summed E-state index contributed by atoms with van der Waals surface area (Å²) in [7, 11) is 0. The molecule has 2 aromatic carbocycles. The summed E-state index contributed by atoms with van der Waals surface area (Å²) in [5.41, 5.74) is 1.81. The molecule has 8 heteroatoms. The van der Waals surface area contributed by atoms with Gasteiger partial charge in [-0.05, 0) is 95.8 Å². The molecule has 2 amide bonds. The zero-order valence-corrected chi connectivity index (χ0v) is 20.7. The van der Waals surface area contributed by atoms with Gasteiger partial charge >= 0.3 is 0 Å². The Morgan fingerprint density at radius 3 is 2.41 bits per heavy atom. The second-order valence-corrected chi connectivity index (χ2v) is 9.22. The Kier molecular flexibility index (Phi) is 8.64. The van der Waals surface area contributed by atoms with Crippen molar-refractivity contribution in [1.82, 2.24) is 10.2 Å². The van der Waals surface area contributed by atoms with Crippen LogP contribution in [-0.4, -0.2) is 41.5 Å². The fraction of sp³-hybridized carbons (Fsp3) is 0.375. The summed E-state index contributed by atoms with van der Waals surface area (Å²) in [5.74, 6) is 1.10. The van der Waals surface area contributed by atoms with E-state index in [0.29, 0.717) is 39.6 Å². The lowest BCUT2D eigenvalue weighted by atomic mass is 9.98. The molecule has 0 aliphatic carbocycles. The fourth-order valence-corrected chi connectivity index (χ4v) is 4.10. The highest BCUT2D eigenvalue weighted by Crippen LogP contribution is 2.26. The standard InChI is InChI=1S/C24H28BrN3O3S/c1-3-14-31-21-9-6-18(15-20(21)25)22(29)27-24(32)26-19-7-4-17(5-8-19)23(30)28-12-10-16(2)11-13-28/h4-9,15-16H,3,10-14H2,1-2H3,(H2,26,27,29,32). The van der Waals surface area contributed by atoms with Gasteiger partial charge in [-0.3, -0.25) is 14.9 Å². The minimum absolute atomic E-state index is 0.0521. The van der Waals surface area contributed by atoms with E-state index in [1.165, 1.54) is 0 Å². The monoisotopic (exact) mass is 517 g/mol. The third-order valence-corrected chi connectivity index (χ3v) is 6.17. The average Bonchev–Trinajstić information content (AvgIpc) is 2.78. The van der Waals surface area contributed by atoms with Crippen molar-refractivity contribution in [3.8, 4) is 5.75 Å². The SMILES string of the molecule is CCCOc1ccc(C(=O)NC(=S)Nc2ccc(C(=O)N3CCC(C)CC3)cc2)cc1Br. The highest BCUT2D eigenvalue weighted by molar-refractivity contribution is 9.10. The smallest absolute Gasteiger partial charge is 0.257 e. The molecule has 6 nitrogen and oxygen atoms in total. The molecule has 0 radical (unpaired) electrons. The van der Waals surface area contributed by atoms with Gasteiger partial charge in [0.25, 0.3) is 11.8 Å². The lowest BCUT2D eigenvalue weighted by Crippen LogP contribution is -2.37. The Bertz CT molecular complexity index is 973. The third kappa shape index (κ3) is 6.53. The van der Waals surface area contributed by atoms with Gasteiger partial charge < -0.3 is 15.0 Å². The molecule has 1 fully saturated rings. The van der Waals surface area contributed by atoms with Crippen molar-refractivity contribution in [1.29, 1.82) is 0 Å². The molecule has 170 valence electrons. The van der Waals surface area contributed by atoms with Gasteiger partial charge in [0.2, 0.25) is 0 Å². The molecule has 1 aliphatic heterocycles. The van der Waals surface area contributed by atoms with Gasteiger partial charge in [0.05, 0.1) is 11.1 Å². The van der Waals surface area contributed by atoms with Gasteiger partial charge in [0.15, 0.2) is 5.11 Å². The van der Waals surface area contributed by atoms with Gasteiger partial charge in [0.1, 0.15) is 5.75 Å². The number of carbonyl (C=O) groups excluding carboxylic acids is 2. The summed E-state index contributed by atoms with van der Waals surface area (Å²) in [6.45, 7) is 6.47. The van der Waals surface area contributed by atoms with Crippen LogP contribution in [0, 0.1) is 5.92 Å². The number of nitrogens with zero attached hydrogens (tertiary/aromatic N) is 1. The second-order valence-electron chi connectivity index (χ2n) is 7.95. The first-order valence-corrected chi connectivity index (χ1v) is 12.0. The van der Waals surface area contributed by atoms with Crippen molar-refractivity contribution in [2.45, 2.75) is 33.1 Å². The molecule has 0 aromatic heterocycles. The molecule has 3 rings (SSSR count). The molecule has 2 aromatic rings. The number of hydrogen-bond donors (Lipinski definition) is 2. The number of likely N-dealkylation sites (tertiary alicyclic amines) is 1. The number of rotatable bonds is 6. The van der Waals surface area contributed by atoms with Crippen molar-refractivity contribution in [2.75, 3.05) is 25.0 Å². The number of ether oxygens (including phenoxy) is 1. The van der Waals surface area contributed by atoms with Crippen molar-refractivity contribution in [2.24, 2.45) is 5.92 Å². The van der Waals surface area contributed by atoms with Crippen LogP contribution in [0.1, 0.15) is 53.8 Å². The summed E-state index contributed by atoms with van der Waals surface area (Å²) in [5, 5.41) is 5.84. The molecule has 0 bridgehead atoms. The highest BCUT2D eigenvalue weighted by Gasteiger charge is 2.21. The number of halogens is 1. The van der Waals surface area contributed by atoms with Gasteiger partial charge in [-0.1, -0.05) is 13.8 Å². The Hall–Kier alpha value is -2.45. The van der Waals surface area contributed by atoms with E-state index in [0.717, 1.165) is 32.4 Å². The summed E-state index contributed by atoms with van der Waals surface area (Å²) in [4.78, 5) is 27.1. The van der Waals surface area contributed by atoms with Crippen molar-refractivity contribution in [3.63, 3.8) is 0 Å². The lowest BCUT2D eigenvalue weighted by molar-refractivity contribution is 0.0697. The van der Waals surface area contributed by atoms with Crippen molar-refractivity contribution < 1.29 is 14.3 Å². The molecular weight excluding hydrogens is 490 g/mol. The molecule has 32 heavy (non-hydrogen) atoms. The van der Waals surface area contributed by atoms with Crippen LogP contribution in [0.2, 0.25) is 0 Å². The number of piperidine rings is 1. The summed E-state index contributed by atoms with van der Waals surface area (Å²) in [6.07, 6.45) is 3.00. The molecular formula is C24H28BrN3O3S. The normalized spacial score (nSPS) is 14.0. The molecule has 1 heterocycles. The Morgan fingerprint density at radius 1 is 1.12 bits per heavy atom. The Morgan fingerprint density at radius 2 is 1.78 bits per heavy atom. The number of anilines is 1. The molecule has 1 saturated heterocycles. The van der Waals surface area contributed by atoms with E-state index in [4.69, 9.17) is 17.0 Å². The molecule has 1 aliphatic rings. The third-order valence-electron chi connectivity index (χ3n) is 5.34. The summed E-state index contributed by atoms with van der Waals surface area (Å²) >= 11 is 8.70. The topological polar surface area (TPSA) is 70.7 Å². The number of amides is 2. The van der Waals surface area contributed by atoms with Gasteiger partial charge in [-0.25, -0.2) is 0 Å². The van der Waals surface area contributed by atoms with Crippen LogP contribution in [0.4, 0.5) is 5.69 Å². The minimum Gasteiger partial charge on any atom is -0.492 e. The first-order chi connectivity index (χ1) is 15.4. The zero-order chi connectivity index (χ0) is 23.1. The zero-order valence-electron chi connectivity index (χ0n) is 18.3. The molecule has 0 unspecified atom stereocenters. The number of nitrogens with one attached hydrogen (secondary N) is 2. The average molecular weight is 518 g/mol. The maximum absolute atomic E-state index is 12.7. The summed E-state index contributed by atoms with van der Waals surface area (Å²) < 4.78 is 6.32. The van der Waals surface area contributed by atoms with Crippen LogP contribution in [0.3, 0.4) is 0 Å². The second kappa shape index (κ2) is 11.4. The van der Waals surface area contributed by atoms with Gasteiger partial charge in [-0.15, -0.1) is 0 Å². The van der Waals surface area contributed by atoms with E-state index in [1.54, 1.807) is 42.5 Å². The molecule has 0 atom stereocenters. The van der Waals surface area contributed by atoms with Crippen LogP contribution < -0.4 is 15.4 Å². The molecule has 2 N–H and O–H groups in total. The summed E-state index contributed by atoms with van der Waals surface area (Å²) in [6, 6.07) is 12.3. The van der Waals surface area contributed by atoms with Crippen molar-refractivity contribution in [3.05, 3.63) is 58.1 Å². The van der Waals surface area contributed by atoms with E-state index >= 15 is 0 Å². The maximum atomic E-state index is 12.7.